The van der Waals surface area contributed by atoms with Crippen LogP contribution in [0.3, 0.4) is 0 Å². The highest BCUT2D eigenvalue weighted by atomic mass is 79.9. The Bertz CT molecular complexity index is 510. The van der Waals surface area contributed by atoms with Crippen LogP contribution in [0.1, 0.15) is 18.3 Å². The predicted molar refractivity (Wildman–Crippen MR) is 68.9 cm³/mol. The Morgan fingerprint density at radius 1 is 1.47 bits per heavy atom. The van der Waals surface area contributed by atoms with E-state index in [2.05, 4.69) is 39.0 Å². The van der Waals surface area contributed by atoms with Crippen LogP contribution >= 0.6 is 15.9 Å². The zero-order valence-electron chi connectivity index (χ0n) is 9.85. The number of hydrogen-bond acceptors (Lipinski definition) is 3. The number of ether oxygens (including phenoxy) is 1. The fourth-order valence-electron chi connectivity index (χ4n) is 1.51. The lowest BCUT2D eigenvalue weighted by Crippen LogP contribution is -2.03. The van der Waals surface area contributed by atoms with Crippen molar-refractivity contribution in [2.45, 2.75) is 20.0 Å². The molecule has 0 fully saturated rings. The lowest BCUT2D eigenvalue weighted by atomic mass is 10.3. The largest absolute Gasteiger partial charge is 0.484 e. The van der Waals surface area contributed by atoms with Gasteiger partial charge < -0.3 is 4.74 Å². The minimum Gasteiger partial charge on any atom is -0.484 e. The summed E-state index contributed by atoms with van der Waals surface area (Å²) in [5.74, 6) is 0.742. The van der Waals surface area contributed by atoms with Crippen LogP contribution < -0.4 is 4.74 Å². The number of rotatable bonds is 4. The van der Waals surface area contributed by atoms with Crippen molar-refractivity contribution < 1.29 is 4.74 Å². The maximum Gasteiger partial charge on any atom is 0.152 e. The third kappa shape index (κ3) is 2.85. The number of pyridine rings is 1. The van der Waals surface area contributed by atoms with E-state index in [1.165, 1.54) is 0 Å². The van der Waals surface area contributed by atoms with Crippen molar-refractivity contribution in [3.63, 3.8) is 0 Å². The van der Waals surface area contributed by atoms with Crippen LogP contribution in [0.4, 0.5) is 0 Å². The summed E-state index contributed by atoms with van der Waals surface area (Å²) in [6, 6.07) is 5.79. The minimum absolute atomic E-state index is 0.494. The summed E-state index contributed by atoms with van der Waals surface area (Å²) in [5.41, 5.74) is 2.13. The summed E-state index contributed by atoms with van der Waals surface area (Å²) in [6.45, 7) is 2.58. The molecule has 2 heterocycles. The second kappa shape index (κ2) is 5.31. The quantitative estimate of drug-likeness (QED) is 0.814. The number of halogens is 1. The molecule has 0 aromatic carbocycles. The number of nitrogens with zero attached hydrogens (tertiary/aromatic N) is 3. The van der Waals surface area contributed by atoms with Crippen molar-refractivity contribution in [3.05, 3.63) is 40.4 Å². The molecule has 2 rings (SSSR count). The highest BCUT2D eigenvalue weighted by Gasteiger charge is 2.06. The molecule has 2 aromatic rings. The second-order valence-electron chi connectivity index (χ2n) is 3.69. The average molecular weight is 296 g/mol. The van der Waals surface area contributed by atoms with Gasteiger partial charge in [-0.05, 0) is 40.5 Å². The average Bonchev–Trinajstić information content (AvgIpc) is 2.69. The molecule has 0 aliphatic heterocycles. The summed E-state index contributed by atoms with van der Waals surface area (Å²) < 4.78 is 8.26. The van der Waals surface area contributed by atoms with Crippen molar-refractivity contribution in [2.24, 2.45) is 7.05 Å². The van der Waals surface area contributed by atoms with Crippen molar-refractivity contribution in [1.29, 1.82) is 0 Å². The molecule has 0 radical (unpaired) electrons. The van der Waals surface area contributed by atoms with Gasteiger partial charge in [0.1, 0.15) is 11.2 Å². The molecule has 0 saturated carbocycles. The lowest BCUT2D eigenvalue weighted by molar-refractivity contribution is 0.291. The molecular formula is C12H14BrN3O. The Labute approximate surface area is 109 Å². The Hall–Kier alpha value is -1.36. The fourth-order valence-corrected chi connectivity index (χ4v) is 1.87. The van der Waals surface area contributed by atoms with Gasteiger partial charge in [0.25, 0.3) is 0 Å². The van der Waals surface area contributed by atoms with Gasteiger partial charge in [-0.15, -0.1) is 0 Å². The van der Waals surface area contributed by atoms with Gasteiger partial charge in [-0.3, -0.25) is 4.68 Å². The predicted octanol–water partition coefficient (Wildman–Crippen LogP) is 2.72. The maximum atomic E-state index is 5.69. The monoisotopic (exact) mass is 295 g/mol. The van der Waals surface area contributed by atoms with Gasteiger partial charge in [0.15, 0.2) is 5.75 Å². The van der Waals surface area contributed by atoms with E-state index in [0.29, 0.717) is 6.61 Å². The van der Waals surface area contributed by atoms with Crippen LogP contribution in [0.15, 0.2) is 29.0 Å². The number of aryl methyl sites for hydroxylation is 2. The van der Waals surface area contributed by atoms with Crippen LogP contribution in [0.2, 0.25) is 0 Å². The summed E-state index contributed by atoms with van der Waals surface area (Å²) >= 11 is 3.35. The van der Waals surface area contributed by atoms with E-state index in [0.717, 1.165) is 28.2 Å². The van der Waals surface area contributed by atoms with Gasteiger partial charge >= 0.3 is 0 Å². The molecule has 0 saturated heterocycles. The normalized spacial score (nSPS) is 10.5. The summed E-state index contributed by atoms with van der Waals surface area (Å²) in [4.78, 5) is 4.10. The first-order chi connectivity index (χ1) is 8.20. The molecule has 5 heteroatoms. The van der Waals surface area contributed by atoms with Crippen LogP contribution in [-0.2, 0) is 20.1 Å². The summed E-state index contributed by atoms with van der Waals surface area (Å²) in [5, 5.41) is 4.37. The molecule has 0 spiro atoms. The zero-order chi connectivity index (χ0) is 12.3. The molecule has 0 atom stereocenters. The van der Waals surface area contributed by atoms with Crippen LogP contribution in [-0.4, -0.2) is 14.8 Å². The topological polar surface area (TPSA) is 39.9 Å². The Balaban J connectivity index is 2.07. The molecule has 0 aliphatic carbocycles. The molecule has 0 N–H and O–H groups in total. The van der Waals surface area contributed by atoms with Crippen molar-refractivity contribution in [3.8, 4) is 5.75 Å². The first-order valence-electron chi connectivity index (χ1n) is 5.45. The molecule has 0 unspecified atom stereocenters. The third-order valence-corrected chi connectivity index (χ3v) is 3.09. The fraction of sp³-hybridized carbons (Fsp3) is 0.333. The molecule has 17 heavy (non-hydrogen) atoms. The van der Waals surface area contributed by atoms with Crippen molar-refractivity contribution >= 4 is 15.9 Å². The van der Waals surface area contributed by atoms with Crippen LogP contribution in [0, 0.1) is 0 Å². The zero-order valence-corrected chi connectivity index (χ0v) is 11.4. The van der Waals surface area contributed by atoms with E-state index in [4.69, 9.17) is 4.74 Å². The molecule has 2 aromatic heterocycles. The van der Waals surface area contributed by atoms with E-state index in [1.807, 2.05) is 23.9 Å². The maximum absolute atomic E-state index is 5.69. The van der Waals surface area contributed by atoms with Gasteiger partial charge in [-0.25, -0.2) is 4.98 Å². The van der Waals surface area contributed by atoms with E-state index < -0.39 is 0 Å². The summed E-state index contributed by atoms with van der Waals surface area (Å²) in [7, 11) is 1.93. The highest BCUT2D eigenvalue weighted by Crippen LogP contribution is 2.22. The van der Waals surface area contributed by atoms with E-state index in [-0.39, 0.29) is 0 Å². The van der Waals surface area contributed by atoms with Crippen molar-refractivity contribution in [1.82, 2.24) is 14.8 Å². The Morgan fingerprint density at radius 3 is 2.94 bits per heavy atom. The molecule has 4 nitrogen and oxygen atoms in total. The smallest absolute Gasteiger partial charge is 0.152 e. The lowest BCUT2D eigenvalue weighted by Gasteiger charge is -2.06. The first-order valence-corrected chi connectivity index (χ1v) is 6.25. The Morgan fingerprint density at radius 2 is 2.29 bits per heavy atom. The van der Waals surface area contributed by atoms with Gasteiger partial charge in [0.05, 0.1) is 11.4 Å². The molecule has 0 amide bonds. The third-order valence-electron chi connectivity index (χ3n) is 2.49. The van der Waals surface area contributed by atoms with Gasteiger partial charge in [-0.1, -0.05) is 6.92 Å². The summed E-state index contributed by atoms with van der Waals surface area (Å²) in [6.07, 6.45) is 2.65. The molecule has 0 aliphatic rings. The van der Waals surface area contributed by atoms with Crippen molar-refractivity contribution in [2.75, 3.05) is 0 Å². The second-order valence-corrected chi connectivity index (χ2v) is 4.44. The van der Waals surface area contributed by atoms with E-state index in [1.54, 1.807) is 6.20 Å². The highest BCUT2D eigenvalue weighted by molar-refractivity contribution is 9.10. The van der Waals surface area contributed by atoms with Crippen LogP contribution in [0.25, 0.3) is 0 Å². The Kier molecular flexibility index (Phi) is 3.78. The number of aromatic nitrogens is 3. The first kappa shape index (κ1) is 12.1. The standard InChI is InChI=1S/C12H14BrN3O/c1-3-9-7-10(16(2)15-9)8-17-11-5-4-6-14-12(11)13/h4-7H,3,8H2,1-2H3. The SMILES string of the molecule is CCc1cc(COc2cccnc2Br)n(C)n1. The van der Waals surface area contributed by atoms with Gasteiger partial charge in [0.2, 0.25) is 0 Å². The van der Waals surface area contributed by atoms with Gasteiger partial charge in [-0.2, -0.15) is 5.10 Å². The minimum atomic E-state index is 0.494. The molecule has 0 bridgehead atoms. The van der Waals surface area contributed by atoms with E-state index >= 15 is 0 Å². The van der Waals surface area contributed by atoms with Gasteiger partial charge in [0, 0.05) is 13.2 Å². The number of hydrogen-bond donors (Lipinski definition) is 0. The van der Waals surface area contributed by atoms with Crippen LogP contribution in [0.5, 0.6) is 5.75 Å². The van der Waals surface area contributed by atoms with E-state index in [9.17, 15) is 0 Å². The molecular weight excluding hydrogens is 282 g/mol. The molecule has 90 valence electrons.